The van der Waals surface area contributed by atoms with Crippen LogP contribution in [0, 0.1) is 0 Å². The molecule has 2 atom stereocenters. The molecule has 7 heteroatoms. The zero-order valence-electron chi connectivity index (χ0n) is 13.8. The standard InChI is InChI=1S/C17H23N3O3.ClH/c1-20(14-6-11-2-3-12(7-14)18-11)9-17(21)19-13-4-5-15-16(8-13)23-10-22-15;/h4-5,8,11-12,14,18H,2-3,6-7,9-10H2,1H3,(H,19,21);1H. The van der Waals surface area contributed by atoms with Crippen LogP contribution in [0.5, 0.6) is 11.5 Å². The molecule has 6 nitrogen and oxygen atoms in total. The number of anilines is 1. The normalized spacial score (nSPS) is 27.0. The van der Waals surface area contributed by atoms with Crippen LogP contribution in [-0.2, 0) is 4.79 Å². The Labute approximate surface area is 148 Å². The molecular weight excluding hydrogens is 330 g/mol. The molecule has 1 aromatic rings. The van der Waals surface area contributed by atoms with Crippen molar-refractivity contribution in [3.63, 3.8) is 0 Å². The molecule has 0 saturated carbocycles. The number of carbonyl (C=O) groups is 1. The highest BCUT2D eigenvalue weighted by Crippen LogP contribution is 2.34. The number of hydrogen-bond acceptors (Lipinski definition) is 5. The van der Waals surface area contributed by atoms with Crippen molar-refractivity contribution in [2.45, 2.75) is 43.8 Å². The Bertz CT molecular complexity index is 601. The highest BCUT2D eigenvalue weighted by atomic mass is 35.5. The number of hydrogen-bond donors (Lipinski definition) is 2. The van der Waals surface area contributed by atoms with Gasteiger partial charge in [-0.1, -0.05) is 0 Å². The van der Waals surface area contributed by atoms with Gasteiger partial charge in [0.15, 0.2) is 11.5 Å². The van der Waals surface area contributed by atoms with Gasteiger partial charge >= 0.3 is 0 Å². The Morgan fingerprint density at radius 3 is 2.71 bits per heavy atom. The zero-order chi connectivity index (χ0) is 15.8. The van der Waals surface area contributed by atoms with Gasteiger partial charge in [-0.25, -0.2) is 0 Å². The summed E-state index contributed by atoms with van der Waals surface area (Å²) in [6.07, 6.45) is 4.84. The Hall–Kier alpha value is -1.50. The maximum Gasteiger partial charge on any atom is 0.238 e. The van der Waals surface area contributed by atoms with Crippen LogP contribution in [0.3, 0.4) is 0 Å². The molecule has 24 heavy (non-hydrogen) atoms. The van der Waals surface area contributed by atoms with Crippen LogP contribution in [0.2, 0.25) is 0 Å². The molecule has 0 aromatic heterocycles. The second-order valence-corrected chi connectivity index (χ2v) is 6.79. The van der Waals surface area contributed by atoms with Gasteiger partial charge in [0.1, 0.15) is 0 Å². The zero-order valence-corrected chi connectivity index (χ0v) is 14.6. The minimum atomic E-state index is 0. The molecule has 2 bridgehead atoms. The van der Waals surface area contributed by atoms with Crippen LogP contribution in [0.4, 0.5) is 5.69 Å². The summed E-state index contributed by atoms with van der Waals surface area (Å²) in [5.74, 6) is 1.42. The minimum absolute atomic E-state index is 0. The number of likely N-dealkylation sites (N-methyl/N-ethyl adjacent to an activating group) is 1. The quantitative estimate of drug-likeness (QED) is 0.866. The van der Waals surface area contributed by atoms with Crippen molar-refractivity contribution in [1.29, 1.82) is 0 Å². The molecule has 4 rings (SSSR count). The molecule has 3 aliphatic heterocycles. The Morgan fingerprint density at radius 1 is 1.25 bits per heavy atom. The number of piperidine rings is 1. The van der Waals surface area contributed by atoms with Crippen molar-refractivity contribution in [1.82, 2.24) is 10.2 Å². The summed E-state index contributed by atoms with van der Waals surface area (Å²) < 4.78 is 10.6. The van der Waals surface area contributed by atoms with Crippen molar-refractivity contribution in [3.05, 3.63) is 18.2 Å². The first-order valence-corrected chi connectivity index (χ1v) is 8.33. The summed E-state index contributed by atoms with van der Waals surface area (Å²) in [6, 6.07) is 7.25. The molecular formula is C17H24ClN3O3. The van der Waals surface area contributed by atoms with E-state index in [4.69, 9.17) is 9.47 Å². The predicted molar refractivity (Wildman–Crippen MR) is 94.0 cm³/mol. The summed E-state index contributed by atoms with van der Waals surface area (Å²) in [5, 5.41) is 6.59. The number of amides is 1. The lowest BCUT2D eigenvalue weighted by atomic mass is 9.98. The lowest BCUT2D eigenvalue weighted by Gasteiger charge is -2.35. The summed E-state index contributed by atoms with van der Waals surface area (Å²) in [4.78, 5) is 14.5. The van der Waals surface area contributed by atoms with Gasteiger partial charge in [-0.2, -0.15) is 0 Å². The fourth-order valence-corrected chi connectivity index (χ4v) is 3.92. The highest BCUT2D eigenvalue weighted by molar-refractivity contribution is 5.92. The molecule has 132 valence electrons. The first-order valence-electron chi connectivity index (χ1n) is 8.33. The van der Waals surface area contributed by atoms with Crippen LogP contribution in [-0.4, -0.2) is 49.3 Å². The molecule has 3 aliphatic rings. The number of rotatable bonds is 4. The highest BCUT2D eigenvalue weighted by Gasteiger charge is 2.35. The van der Waals surface area contributed by atoms with E-state index in [1.165, 1.54) is 12.8 Å². The molecule has 1 amide bonds. The molecule has 0 aliphatic carbocycles. The molecule has 2 N–H and O–H groups in total. The maximum absolute atomic E-state index is 12.3. The lowest BCUT2D eigenvalue weighted by Crippen LogP contribution is -2.48. The van der Waals surface area contributed by atoms with E-state index in [2.05, 4.69) is 22.6 Å². The fraction of sp³-hybridized carbons (Fsp3) is 0.588. The van der Waals surface area contributed by atoms with E-state index in [9.17, 15) is 4.79 Å². The number of benzene rings is 1. The SMILES string of the molecule is CN(CC(=O)Nc1ccc2c(c1)OCO2)C1CC2CCC(C1)N2.Cl. The second-order valence-electron chi connectivity index (χ2n) is 6.79. The van der Waals surface area contributed by atoms with Gasteiger partial charge in [-0.15, -0.1) is 12.4 Å². The summed E-state index contributed by atoms with van der Waals surface area (Å²) >= 11 is 0. The van der Waals surface area contributed by atoms with E-state index in [0.29, 0.717) is 30.4 Å². The summed E-state index contributed by atoms with van der Waals surface area (Å²) in [5.41, 5.74) is 0.748. The summed E-state index contributed by atoms with van der Waals surface area (Å²) in [6.45, 7) is 0.659. The topological polar surface area (TPSA) is 62.8 Å². The first-order chi connectivity index (χ1) is 11.2. The van der Waals surface area contributed by atoms with Crippen molar-refractivity contribution in [2.24, 2.45) is 0 Å². The first kappa shape index (κ1) is 17.3. The van der Waals surface area contributed by atoms with E-state index >= 15 is 0 Å². The van der Waals surface area contributed by atoms with Crippen LogP contribution in [0.25, 0.3) is 0 Å². The third kappa shape index (κ3) is 3.61. The monoisotopic (exact) mass is 353 g/mol. The van der Waals surface area contributed by atoms with Gasteiger partial charge < -0.3 is 20.1 Å². The van der Waals surface area contributed by atoms with Gasteiger partial charge in [0, 0.05) is 29.9 Å². The molecule has 2 unspecified atom stereocenters. The molecule has 3 heterocycles. The molecule has 2 saturated heterocycles. The largest absolute Gasteiger partial charge is 0.454 e. The van der Waals surface area contributed by atoms with Crippen LogP contribution < -0.4 is 20.1 Å². The number of ether oxygens (including phenoxy) is 2. The van der Waals surface area contributed by atoms with E-state index in [1.807, 2.05) is 18.2 Å². The maximum atomic E-state index is 12.3. The number of carbonyl (C=O) groups excluding carboxylic acids is 1. The number of nitrogens with zero attached hydrogens (tertiary/aromatic N) is 1. The second kappa shape index (κ2) is 7.17. The number of fused-ring (bicyclic) bond motifs is 3. The van der Waals surface area contributed by atoms with E-state index in [1.54, 1.807) is 0 Å². The minimum Gasteiger partial charge on any atom is -0.454 e. The third-order valence-corrected chi connectivity index (χ3v) is 5.12. The van der Waals surface area contributed by atoms with Crippen molar-refractivity contribution >= 4 is 24.0 Å². The Kier molecular flexibility index (Phi) is 5.18. The predicted octanol–water partition coefficient (Wildman–Crippen LogP) is 1.99. The van der Waals surface area contributed by atoms with Crippen molar-refractivity contribution in [3.8, 4) is 11.5 Å². The van der Waals surface area contributed by atoms with Gasteiger partial charge in [0.05, 0.1) is 6.54 Å². The smallest absolute Gasteiger partial charge is 0.238 e. The third-order valence-electron chi connectivity index (χ3n) is 5.12. The van der Waals surface area contributed by atoms with E-state index in [-0.39, 0.29) is 25.1 Å². The van der Waals surface area contributed by atoms with Crippen LogP contribution >= 0.6 is 12.4 Å². The van der Waals surface area contributed by atoms with Gasteiger partial charge in [0.25, 0.3) is 0 Å². The van der Waals surface area contributed by atoms with Gasteiger partial charge in [0.2, 0.25) is 12.7 Å². The fourth-order valence-electron chi connectivity index (χ4n) is 3.92. The van der Waals surface area contributed by atoms with Gasteiger partial charge in [-0.3, -0.25) is 9.69 Å². The van der Waals surface area contributed by atoms with Crippen LogP contribution in [0.1, 0.15) is 25.7 Å². The average Bonchev–Trinajstić information content (AvgIpc) is 3.12. The number of nitrogens with one attached hydrogen (secondary N) is 2. The van der Waals surface area contributed by atoms with E-state index in [0.717, 1.165) is 24.3 Å². The number of halogens is 1. The van der Waals surface area contributed by atoms with Gasteiger partial charge in [-0.05, 0) is 44.9 Å². The molecule has 0 radical (unpaired) electrons. The average molecular weight is 354 g/mol. The Morgan fingerprint density at radius 2 is 1.96 bits per heavy atom. The van der Waals surface area contributed by atoms with E-state index < -0.39 is 0 Å². The molecule has 0 spiro atoms. The lowest BCUT2D eigenvalue weighted by molar-refractivity contribution is -0.117. The Balaban J connectivity index is 0.00000169. The summed E-state index contributed by atoms with van der Waals surface area (Å²) in [7, 11) is 2.05. The van der Waals surface area contributed by atoms with Crippen molar-refractivity contribution < 1.29 is 14.3 Å². The molecule has 1 aromatic carbocycles. The van der Waals surface area contributed by atoms with Crippen LogP contribution in [0.15, 0.2) is 18.2 Å². The molecule has 2 fully saturated rings. The van der Waals surface area contributed by atoms with Crippen molar-refractivity contribution in [2.75, 3.05) is 25.7 Å².